The molecule has 2 aromatic rings. The fourth-order valence-corrected chi connectivity index (χ4v) is 1.80. The second-order valence-corrected chi connectivity index (χ2v) is 5.29. The van der Waals surface area contributed by atoms with Crippen molar-refractivity contribution >= 4 is 11.9 Å². The van der Waals surface area contributed by atoms with Crippen LogP contribution in [0.25, 0.3) is 5.69 Å². The first kappa shape index (κ1) is 14.8. The minimum absolute atomic E-state index is 0.355. The number of aliphatic carboxylic acids is 1. The highest BCUT2D eigenvalue weighted by Gasteiger charge is 2.30. The first-order valence-corrected chi connectivity index (χ1v) is 6.49. The van der Waals surface area contributed by atoms with Gasteiger partial charge in [-0.2, -0.15) is 5.10 Å². The Morgan fingerprint density at radius 1 is 1.24 bits per heavy atom. The molecule has 1 aromatic heterocycles. The van der Waals surface area contributed by atoms with Crippen LogP contribution in [0.4, 0.5) is 0 Å². The molecule has 0 saturated carbocycles. The molecule has 0 unspecified atom stereocenters. The quantitative estimate of drug-likeness (QED) is 0.897. The van der Waals surface area contributed by atoms with Crippen molar-refractivity contribution < 1.29 is 14.7 Å². The number of benzene rings is 1. The summed E-state index contributed by atoms with van der Waals surface area (Å²) in [6, 6.07) is 9.38. The Kier molecular flexibility index (Phi) is 3.80. The average Bonchev–Trinajstić information content (AvgIpc) is 2.81. The fourth-order valence-electron chi connectivity index (χ4n) is 1.80. The molecule has 6 nitrogen and oxygen atoms in total. The zero-order chi connectivity index (χ0) is 15.6. The number of aromatic nitrogens is 2. The number of carbonyl (C=O) groups is 2. The van der Waals surface area contributed by atoms with E-state index in [1.54, 1.807) is 17.8 Å². The highest BCUT2D eigenvalue weighted by molar-refractivity contribution is 5.98. The molecule has 0 aliphatic carbocycles. The summed E-state index contributed by atoms with van der Waals surface area (Å²) >= 11 is 0. The van der Waals surface area contributed by atoms with Gasteiger partial charge in [0.25, 0.3) is 5.91 Å². The predicted octanol–water partition coefficient (Wildman–Crippen LogP) is 1.77. The fraction of sp³-hybridized carbons (Fsp3) is 0.267. The summed E-state index contributed by atoms with van der Waals surface area (Å²) in [6.45, 7) is 4.58. The lowest BCUT2D eigenvalue weighted by molar-refractivity contribution is -0.143. The van der Waals surface area contributed by atoms with Crippen molar-refractivity contribution in [1.82, 2.24) is 15.1 Å². The van der Waals surface area contributed by atoms with E-state index in [4.69, 9.17) is 5.11 Å². The molecule has 0 aliphatic heterocycles. The summed E-state index contributed by atoms with van der Waals surface area (Å²) in [6.07, 6.45) is 1.60. The Morgan fingerprint density at radius 3 is 2.43 bits per heavy atom. The molecule has 1 amide bonds. The van der Waals surface area contributed by atoms with Crippen molar-refractivity contribution in [3.63, 3.8) is 0 Å². The summed E-state index contributed by atoms with van der Waals surface area (Å²) in [5.41, 5.74) is 0.390. The molecule has 1 aromatic carbocycles. The molecule has 2 rings (SSSR count). The number of hydrogen-bond acceptors (Lipinski definition) is 3. The summed E-state index contributed by atoms with van der Waals surface area (Å²) < 4.78 is 1.60. The topological polar surface area (TPSA) is 84.2 Å². The largest absolute Gasteiger partial charge is 0.480 e. The zero-order valence-corrected chi connectivity index (χ0v) is 12.1. The van der Waals surface area contributed by atoms with Crippen LogP contribution >= 0.6 is 0 Å². The van der Waals surface area contributed by atoms with Gasteiger partial charge >= 0.3 is 5.97 Å². The maximum absolute atomic E-state index is 12.2. The molecule has 0 atom stereocenters. The molecule has 6 heteroatoms. The smallest absolute Gasteiger partial charge is 0.328 e. The van der Waals surface area contributed by atoms with E-state index in [-0.39, 0.29) is 0 Å². The minimum atomic E-state index is -1.33. The first-order chi connectivity index (χ1) is 9.81. The van der Waals surface area contributed by atoms with Crippen LogP contribution in [0.1, 0.15) is 29.9 Å². The van der Waals surface area contributed by atoms with E-state index in [1.165, 1.54) is 13.8 Å². The molecule has 0 bridgehead atoms. The van der Waals surface area contributed by atoms with E-state index in [0.29, 0.717) is 11.3 Å². The third kappa shape index (κ3) is 3.10. The number of amides is 1. The van der Waals surface area contributed by atoms with Gasteiger partial charge in [-0.25, -0.2) is 9.48 Å². The van der Waals surface area contributed by atoms with Crippen LogP contribution in [0, 0.1) is 6.92 Å². The third-order valence-electron chi connectivity index (χ3n) is 3.12. The maximum Gasteiger partial charge on any atom is 0.328 e. The van der Waals surface area contributed by atoms with Gasteiger partial charge in [0.15, 0.2) is 0 Å². The van der Waals surface area contributed by atoms with Crippen molar-refractivity contribution in [2.24, 2.45) is 0 Å². The molecule has 0 spiro atoms. The molecule has 0 aliphatic rings. The number of carbonyl (C=O) groups excluding carboxylic acids is 1. The predicted molar refractivity (Wildman–Crippen MR) is 77.5 cm³/mol. The molecule has 21 heavy (non-hydrogen) atoms. The lowest BCUT2D eigenvalue weighted by atomic mass is 10.1. The van der Waals surface area contributed by atoms with E-state index in [2.05, 4.69) is 10.4 Å². The number of rotatable bonds is 4. The number of carboxylic acids is 1. The number of carboxylic acid groups (broad SMARTS) is 1. The summed E-state index contributed by atoms with van der Waals surface area (Å²) in [4.78, 5) is 23.3. The van der Waals surface area contributed by atoms with Gasteiger partial charge in [-0.1, -0.05) is 18.2 Å². The van der Waals surface area contributed by atoms with Crippen LogP contribution in [0.2, 0.25) is 0 Å². The molecule has 0 saturated heterocycles. The van der Waals surface area contributed by atoms with Crippen LogP contribution in [-0.4, -0.2) is 32.3 Å². The normalized spacial score (nSPS) is 11.2. The SMILES string of the molecule is Cc1nn(-c2ccccc2)cc1C(=O)NC(C)(C)C(=O)O. The number of nitrogens with one attached hydrogen (secondary N) is 1. The Morgan fingerprint density at radius 2 is 1.86 bits per heavy atom. The van der Waals surface area contributed by atoms with Gasteiger partial charge in [0.05, 0.1) is 16.9 Å². The second-order valence-electron chi connectivity index (χ2n) is 5.29. The average molecular weight is 287 g/mol. The number of aryl methyl sites for hydroxylation is 1. The first-order valence-electron chi connectivity index (χ1n) is 6.49. The third-order valence-corrected chi connectivity index (χ3v) is 3.12. The molecule has 2 N–H and O–H groups in total. The summed E-state index contributed by atoms with van der Waals surface area (Å²) in [5, 5.41) is 15.8. The van der Waals surface area contributed by atoms with Crippen LogP contribution in [0.15, 0.2) is 36.5 Å². The van der Waals surface area contributed by atoms with Gasteiger partial charge in [0.2, 0.25) is 0 Å². The van der Waals surface area contributed by atoms with Crippen LogP contribution in [0.3, 0.4) is 0 Å². The van der Waals surface area contributed by atoms with Gasteiger partial charge in [0, 0.05) is 6.20 Å². The van der Waals surface area contributed by atoms with E-state index in [1.807, 2.05) is 30.3 Å². The monoisotopic (exact) mass is 287 g/mol. The number of nitrogens with zero attached hydrogens (tertiary/aromatic N) is 2. The van der Waals surface area contributed by atoms with Gasteiger partial charge in [0.1, 0.15) is 5.54 Å². The Bertz CT molecular complexity index is 675. The lowest BCUT2D eigenvalue weighted by Gasteiger charge is -2.20. The van der Waals surface area contributed by atoms with E-state index >= 15 is 0 Å². The van der Waals surface area contributed by atoms with Crippen molar-refractivity contribution in [1.29, 1.82) is 0 Å². The lowest BCUT2D eigenvalue weighted by Crippen LogP contribution is -2.49. The molecule has 0 fully saturated rings. The molecule has 110 valence electrons. The van der Waals surface area contributed by atoms with Crippen molar-refractivity contribution in [3.8, 4) is 5.69 Å². The van der Waals surface area contributed by atoms with E-state index in [0.717, 1.165) is 5.69 Å². The number of hydrogen-bond donors (Lipinski definition) is 2. The minimum Gasteiger partial charge on any atom is -0.480 e. The van der Waals surface area contributed by atoms with Crippen LogP contribution < -0.4 is 5.32 Å². The second kappa shape index (κ2) is 5.40. The van der Waals surface area contributed by atoms with Crippen LogP contribution in [0.5, 0.6) is 0 Å². The Balaban J connectivity index is 2.28. The molecule has 0 radical (unpaired) electrons. The van der Waals surface area contributed by atoms with E-state index < -0.39 is 17.4 Å². The Labute approximate surface area is 122 Å². The van der Waals surface area contributed by atoms with Gasteiger partial charge < -0.3 is 10.4 Å². The standard InChI is InChI=1S/C15H17N3O3/c1-10-12(13(19)16-15(2,3)14(20)21)9-18(17-10)11-7-5-4-6-8-11/h4-9H,1-3H3,(H,16,19)(H,20,21). The zero-order valence-electron chi connectivity index (χ0n) is 12.1. The maximum atomic E-state index is 12.2. The van der Waals surface area contributed by atoms with E-state index in [9.17, 15) is 9.59 Å². The van der Waals surface area contributed by atoms with Gasteiger partial charge in [-0.3, -0.25) is 4.79 Å². The van der Waals surface area contributed by atoms with Gasteiger partial charge in [-0.05, 0) is 32.9 Å². The highest BCUT2D eigenvalue weighted by atomic mass is 16.4. The molecule has 1 heterocycles. The van der Waals surface area contributed by atoms with Crippen molar-refractivity contribution in [2.75, 3.05) is 0 Å². The van der Waals surface area contributed by atoms with Gasteiger partial charge in [-0.15, -0.1) is 0 Å². The molecular formula is C15H17N3O3. The number of para-hydroxylation sites is 1. The summed E-state index contributed by atoms with van der Waals surface area (Å²) in [7, 11) is 0. The van der Waals surface area contributed by atoms with Crippen molar-refractivity contribution in [3.05, 3.63) is 47.8 Å². The van der Waals surface area contributed by atoms with Crippen LogP contribution in [-0.2, 0) is 4.79 Å². The Hall–Kier alpha value is -2.63. The highest BCUT2D eigenvalue weighted by Crippen LogP contribution is 2.13. The summed E-state index contributed by atoms with van der Waals surface area (Å²) in [5.74, 6) is -1.55. The molecular weight excluding hydrogens is 270 g/mol. The van der Waals surface area contributed by atoms with Crippen molar-refractivity contribution in [2.45, 2.75) is 26.3 Å².